The van der Waals surface area contributed by atoms with Crippen molar-refractivity contribution in [1.82, 2.24) is 9.80 Å². The number of amides is 2. The van der Waals surface area contributed by atoms with Gasteiger partial charge in [0.15, 0.2) is 0 Å². The highest BCUT2D eigenvalue weighted by atomic mass is 16.2. The highest BCUT2D eigenvalue weighted by Crippen LogP contribution is 2.26. The van der Waals surface area contributed by atoms with Crippen LogP contribution >= 0.6 is 0 Å². The van der Waals surface area contributed by atoms with Crippen molar-refractivity contribution in [2.45, 2.75) is 31.2 Å². The van der Waals surface area contributed by atoms with Crippen LogP contribution in [0.25, 0.3) is 0 Å². The predicted molar refractivity (Wildman–Crippen MR) is 84.2 cm³/mol. The Morgan fingerprint density at radius 1 is 1.18 bits per heavy atom. The lowest BCUT2D eigenvalue weighted by atomic mass is 9.95. The first-order valence-electron chi connectivity index (χ1n) is 8.01. The second-order valence-corrected chi connectivity index (χ2v) is 6.25. The zero-order chi connectivity index (χ0) is 15.5. The van der Waals surface area contributed by atoms with Crippen LogP contribution in [-0.2, 0) is 9.59 Å². The van der Waals surface area contributed by atoms with Gasteiger partial charge in [0.25, 0.3) is 0 Å². The second-order valence-electron chi connectivity index (χ2n) is 6.25. The highest BCUT2D eigenvalue weighted by Gasteiger charge is 2.34. The molecule has 0 unspecified atom stereocenters. The molecule has 2 atom stereocenters. The third-order valence-electron chi connectivity index (χ3n) is 4.69. The van der Waals surface area contributed by atoms with E-state index in [9.17, 15) is 9.59 Å². The third kappa shape index (κ3) is 3.14. The summed E-state index contributed by atoms with van der Waals surface area (Å²) < 4.78 is 0. The number of rotatable bonds is 3. The topological polar surface area (TPSA) is 66.6 Å². The quantitative estimate of drug-likeness (QED) is 0.904. The molecule has 2 fully saturated rings. The van der Waals surface area contributed by atoms with Gasteiger partial charge >= 0.3 is 0 Å². The Morgan fingerprint density at radius 2 is 1.95 bits per heavy atom. The van der Waals surface area contributed by atoms with Gasteiger partial charge in [0.1, 0.15) is 0 Å². The molecule has 118 valence electrons. The first-order chi connectivity index (χ1) is 10.6. The SMILES string of the molecule is N[C@@H]1CN(C(=O)CN2CCCCC2=O)C[C@H]1c1ccccc1. The predicted octanol–water partition coefficient (Wildman–Crippen LogP) is 0.952. The molecule has 0 bridgehead atoms. The Bertz CT molecular complexity index is 546. The molecule has 2 heterocycles. The number of nitrogens with zero attached hydrogens (tertiary/aromatic N) is 2. The van der Waals surface area contributed by atoms with Gasteiger partial charge in [-0.2, -0.15) is 0 Å². The van der Waals surface area contributed by atoms with E-state index in [1.807, 2.05) is 23.1 Å². The average molecular weight is 301 g/mol. The van der Waals surface area contributed by atoms with Crippen molar-refractivity contribution >= 4 is 11.8 Å². The number of hydrogen-bond acceptors (Lipinski definition) is 3. The summed E-state index contributed by atoms with van der Waals surface area (Å²) in [4.78, 5) is 27.8. The fraction of sp³-hybridized carbons (Fsp3) is 0.529. The molecular weight excluding hydrogens is 278 g/mol. The lowest BCUT2D eigenvalue weighted by Crippen LogP contribution is -2.44. The number of carbonyl (C=O) groups excluding carboxylic acids is 2. The smallest absolute Gasteiger partial charge is 0.242 e. The van der Waals surface area contributed by atoms with Crippen LogP contribution in [0.3, 0.4) is 0 Å². The number of hydrogen-bond donors (Lipinski definition) is 1. The van der Waals surface area contributed by atoms with Crippen LogP contribution in [-0.4, -0.2) is 53.8 Å². The van der Waals surface area contributed by atoms with Crippen LogP contribution in [0.2, 0.25) is 0 Å². The molecule has 0 aliphatic carbocycles. The van der Waals surface area contributed by atoms with Crippen LogP contribution in [0.5, 0.6) is 0 Å². The Labute approximate surface area is 131 Å². The maximum atomic E-state index is 12.5. The molecule has 5 heteroatoms. The van der Waals surface area contributed by atoms with E-state index >= 15 is 0 Å². The normalized spacial score (nSPS) is 25.6. The van der Waals surface area contributed by atoms with Gasteiger partial charge in [0.2, 0.25) is 11.8 Å². The summed E-state index contributed by atoms with van der Waals surface area (Å²) in [6.45, 7) is 2.12. The molecule has 5 nitrogen and oxygen atoms in total. The van der Waals surface area contributed by atoms with E-state index in [1.165, 1.54) is 5.56 Å². The first-order valence-corrected chi connectivity index (χ1v) is 8.01. The molecule has 0 spiro atoms. The lowest BCUT2D eigenvalue weighted by molar-refractivity contribution is -0.141. The van der Waals surface area contributed by atoms with Crippen molar-refractivity contribution in [1.29, 1.82) is 0 Å². The molecule has 22 heavy (non-hydrogen) atoms. The molecule has 2 aliphatic heterocycles. The van der Waals surface area contributed by atoms with Gasteiger partial charge in [0.05, 0.1) is 6.54 Å². The summed E-state index contributed by atoms with van der Waals surface area (Å²) in [6, 6.07) is 10.1. The molecule has 0 saturated carbocycles. The molecule has 2 N–H and O–H groups in total. The fourth-order valence-electron chi connectivity index (χ4n) is 3.38. The van der Waals surface area contributed by atoms with E-state index in [2.05, 4.69) is 12.1 Å². The largest absolute Gasteiger partial charge is 0.339 e. The maximum Gasteiger partial charge on any atom is 0.242 e. The Kier molecular flexibility index (Phi) is 4.43. The van der Waals surface area contributed by atoms with Crippen LogP contribution in [0.4, 0.5) is 0 Å². The van der Waals surface area contributed by atoms with Gasteiger partial charge < -0.3 is 15.5 Å². The fourth-order valence-corrected chi connectivity index (χ4v) is 3.38. The van der Waals surface area contributed by atoms with Crippen LogP contribution < -0.4 is 5.73 Å². The Hall–Kier alpha value is -1.88. The van der Waals surface area contributed by atoms with E-state index < -0.39 is 0 Å². The molecule has 2 aliphatic rings. The first kappa shape index (κ1) is 15.0. The molecule has 0 radical (unpaired) electrons. The van der Waals surface area contributed by atoms with Crippen molar-refractivity contribution in [2.24, 2.45) is 5.73 Å². The molecule has 2 saturated heterocycles. The summed E-state index contributed by atoms with van der Waals surface area (Å²) >= 11 is 0. The van der Waals surface area contributed by atoms with Crippen molar-refractivity contribution in [3.63, 3.8) is 0 Å². The minimum Gasteiger partial charge on any atom is -0.339 e. The van der Waals surface area contributed by atoms with Gasteiger partial charge in [-0.3, -0.25) is 9.59 Å². The molecule has 3 rings (SSSR count). The Morgan fingerprint density at radius 3 is 2.68 bits per heavy atom. The van der Waals surface area contributed by atoms with Gasteiger partial charge in [-0.15, -0.1) is 0 Å². The molecule has 0 aromatic heterocycles. The molecule has 1 aromatic carbocycles. The van der Waals surface area contributed by atoms with Crippen molar-refractivity contribution in [2.75, 3.05) is 26.2 Å². The van der Waals surface area contributed by atoms with Crippen molar-refractivity contribution < 1.29 is 9.59 Å². The van der Waals surface area contributed by atoms with E-state index in [4.69, 9.17) is 5.73 Å². The van der Waals surface area contributed by atoms with Crippen LogP contribution in [0.1, 0.15) is 30.7 Å². The van der Waals surface area contributed by atoms with E-state index in [0.717, 1.165) is 12.8 Å². The number of carbonyl (C=O) groups is 2. The van der Waals surface area contributed by atoms with E-state index in [0.29, 0.717) is 26.1 Å². The minimum absolute atomic E-state index is 0.0177. The standard InChI is InChI=1S/C17H23N3O2/c18-15-11-20(10-14(15)13-6-2-1-3-7-13)17(22)12-19-9-5-4-8-16(19)21/h1-3,6-7,14-15H,4-5,8-12,18H2/t14-,15+/m0/s1. The van der Waals surface area contributed by atoms with Crippen LogP contribution in [0.15, 0.2) is 30.3 Å². The molecule has 1 aromatic rings. The average Bonchev–Trinajstić information content (AvgIpc) is 2.92. The number of nitrogens with two attached hydrogens (primary N) is 1. The summed E-state index contributed by atoms with van der Waals surface area (Å²) in [5, 5.41) is 0. The number of piperidine rings is 1. The molecule has 2 amide bonds. The monoisotopic (exact) mass is 301 g/mol. The summed E-state index contributed by atoms with van der Waals surface area (Å²) in [7, 11) is 0. The van der Waals surface area contributed by atoms with Gasteiger partial charge in [-0.25, -0.2) is 0 Å². The van der Waals surface area contributed by atoms with Crippen molar-refractivity contribution in [3.8, 4) is 0 Å². The van der Waals surface area contributed by atoms with E-state index in [-0.39, 0.29) is 30.3 Å². The summed E-state index contributed by atoms with van der Waals surface area (Å²) in [5.74, 6) is 0.300. The molecular formula is C17H23N3O2. The van der Waals surface area contributed by atoms with Gasteiger partial charge in [0, 0.05) is 38.0 Å². The van der Waals surface area contributed by atoms with Gasteiger partial charge in [-0.1, -0.05) is 30.3 Å². The zero-order valence-corrected chi connectivity index (χ0v) is 12.8. The zero-order valence-electron chi connectivity index (χ0n) is 12.8. The summed E-state index contributed by atoms with van der Waals surface area (Å²) in [5.41, 5.74) is 7.41. The number of likely N-dealkylation sites (tertiary alicyclic amines) is 2. The third-order valence-corrected chi connectivity index (χ3v) is 4.69. The van der Waals surface area contributed by atoms with Crippen LogP contribution in [0, 0.1) is 0 Å². The van der Waals surface area contributed by atoms with E-state index in [1.54, 1.807) is 4.90 Å². The lowest BCUT2D eigenvalue weighted by Gasteiger charge is -2.28. The Balaban J connectivity index is 1.61. The number of benzene rings is 1. The van der Waals surface area contributed by atoms with Crippen molar-refractivity contribution in [3.05, 3.63) is 35.9 Å². The summed E-state index contributed by atoms with van der Waals surface area (Å²) in [6.07, 6.45) is 2.50. The minimum atomic E-state index is -0.0385. The highest BCUT2D eigenvalue weighted by molar-refractivity contribution is 5.85. The maximum absolute atomic E-state index is 12.5. The van der Waals surface area contributed by atoms with Gasteiger partial charge in [-0.05, 0) is 18.4 Å². The second kappa shape index (κ2) is 6.48.